The van der Waals surface area contributed by atoms with Crippen molar-refractivity contribution in [2.75, 3.05) is 26.2 Å². The van der Waals surface area contributed by atoms with Crippen molar-refractivity contribution in [3.63, 3.8) is 0 Å². The predicted octanol–water partition coefficient (Wildman–Crippen LogP) is 6.44. The van der Waals surface area contributed by atoms with E-state index >= 15 is 0 Å². The number of nitrogens with zero attached hydrogens (tertiary/aromatic N) is 3. The van der Waals surface area contributed by atoms with Gasteiger partial charge in [0.15, 0.2) is 0 Å². The molecule has 1 aromatic carbocycles. The molecule has 5 rings (SSSR count). The van der Waals surface area contributed by atoms with Crippen LogP contribution >= 0.6 is 0 Å². The number of allylic oxidation sites excluding steroid dienone is 5. The first-order valence-electron chi connectivity index (χ1n) is 13.9. The largest absolute Gasteiger partial charge is 0.368 e. The van der Waals surface area contributed by atoms with Gasteiger partial charge in [0.25, 0.3) is 0 Å². The molecule has 6 heteroatoms. The average Bonchev–Trinajstić information content (AvgIpc) is 3.53. The van der Waals surface area contributed by atoms with Gasteiger partial charge in [0.1, 0.15) is 11.6 Å². The second kappa shape index (κ2) is 11.5. The number of rotatable bonds is 7. The Kier molecular flexibility index (Phi) is 7.92. The highest BCUT2D eigenvalue weighted by Gasteiger charge is 2.25. The van der Waals surface area contributed by atoms with Crippen molar-refractivity contribution >= 4 is 5.91 Å². The van der Waals surface area contributed by atoms with E-state index < -0.39 is 0 Å². The fourth-order valence-electron chi connectivity index (χ4n) is 5.87. The summed E-state index contributed by atoms with van der Waals surface area (Å²) in [7, 11) is 0. The van der Waals surface area contributed by atoms with Crippen LogP contribution in [0.3, 0.4) is 0 Å². The molecule has 2 aliphatic carbocycles. The Morgan fingerprint density at radius 1 is 1.14 bits per heavy atom. The fourth-order valence-corrected chi connectivity index (χ4v) is 5.87. The Balaban J connectivity index is 1.18. The lowest BCUT2D eigenvalue weighted by molar-refractivity contribution is -0.132. The van der Waals surface area contributed by atoms with Gasteiger partial charge in [-0.1, -0.05) is 31.1 Å². The number of carbonyl (C=O) groups is 1. The monoisotopic (exact) mass is 502 g/mol. The summed E-state index contributed by atoms with van der Waals surface area (Å²) >= 11 is 0. The number of carbonyl (C=O) groups excluding carboxylic acids is 1. The molecule has 0 atom stereocenters. The van der Waals surface area contributed by atoms with E-state index in [9.17, 15) is 9.18 Å². The molecule has 0 spiro atoms. The van der Waals surface area contributed by atoms with E-state index in [1.54, 1.807) is 13.0 Å². The summed E-state index contributed by atoms with van der Waals surface area (Å²) in [5, 5.41) is 0. The molecular weight excluding hydrogens is 463 g/mol. The smallest absolute Gasteiger partial charge is 0.222 e. The number of amides is 1. The van der Waals surface area contributed by atoms with Crippen molar-refractivity contribution in [3.8, 4) is 11.4 Å². The van der Waals surface area contributed by atoms with Crippen LogP contribution in [-0.4, -0.2) is 51.9 Å². The lowest BCUT2D eigenvalue weighted by Gasteiger charge is -2.37. The molecule has 0 radical (unpaired) electrons. The summed E-state index contributed by atoms with van der Waals surface area (Å²) < 4.78 is 13.8. The van der Waals surface area contributed by atoms with Crippen molar-refractivity contribution < 1.29 is 9.18 Å². The van der Waals surface area contributed by atoms with Gasteiger partial charge in [-0.2, -0.15) is 0 Å². The van der Waals surface area contributed by atoms with Crippen molar-refractivity contribution in [1.82, 2.24) is 19.8 Å². The van der Waals surface area contributed by atoms with Crippen LogP contribution in [0.2, 0.25) is 0 Å². The van der Waals surface area contributed by atoms with E-state index in [0.29, 0.717) is 17.9 Å². The molecule has 1 aliphatic heterocycles. The second-order valence-corrected chi connectivity index (χ2v) is 10.8. The van der Waals surface area contributed by atoms with Crippen LogP contribution in [0.4, 0.5) is 4.39 Å². The van der Waals surface area contributed by atoms with E-state index in [2.05, 4.69) is 41.1 Å². The van der Waals surface area contributed by atoms with Gasteiger partial charge in [0.2, 0.25) is 5.91 Å². The second-order valence-electron chi connectivity index (χ2n) is 10.8. The molecule has 1 amide bonds. The van der Waals surface area contributed by atoms with Gasteiger partial charge < -0.3 is 14.8 Å². The molecule has 1 N–H and O–H groups in total. The number of H-pyrrole nitrogens is 1. The average molecular weight is 503 g/mol. The first-order chi connectivity index (χ1) is 18.0. The van der Waals surface area contributed by atoms with Crippen LogP contribution in [0.1, 0.15) is 74.7 Å². The third-order valence-electron chi connectivity index (χ3n) is 8.02. The zero-order valence-electron chi connectivity index (χ0n) is 22.2. The molecule has 0 unspecified atom stereocenters. The maximum Gasteiger partial charge on any atom is 0.222 e. The Morgan fingerprint density at radius 2 is 1.92 bits per heavy atom. The van der Waals surface area contributed by atoms with Crippen LogP contribution in [0.15, 0.2) is 53.8 Å². The van der Waals surface area contributed by atoms with Crippen LogP contribution in [0, 0.1) is 12.7 Å². The van der Waals surface area contributed by atoms with Crippen molar-refractivity contribution in [2.45, 2.75) is 71.1 Å². The van der Waals surface area contributed by atoms with Crippen molar-refractivity contribution in [1.29, 1.82) is 0 Å². The molecule has 1 saturated heterocycles. The topological polar surface area (TPSA) is 52.2 Å². The van der Waals surface area contributed by atoms with E-state index in [1.807, 2.05) is 11.0 Å². The normalized spacial score (nSPS) is 18.7. The standard InChI is InChI=1S/C31H39FN4O/c1-22-8-3-6-11-26(20-22)35-16-18-36(19-17-35)29(37)13-7-12-28-30(24-9-4-5-10-24)34-31(33-28)25-14-15-27(32)23(2)21-25/h3,8,11,14-15,20-21,24H,4-7,9-10,12-13,16-19H2,1-2H3,(H,33,34). The summed E-state index contributed by atoms with van der Waals surface area (Å²) in [6.45, 7) is 7.25. The summed E-state index contributed by atoms with van der Waals surface area (Å²) in [5.41, 5.74) is 6.41. The minimum absolute atomic E-state index is 0.194. The van der Waals surface area contributed by atoms with Gasteiger partial charge in [-0.25, -0.2) is 9.37 Å². The number of nitrogens with one attached hydrogen (secondary N) is 1. The van der Waals surface area contributed by atoms with E-state index in [4.69, 9.17) is 4.98 Å². The molecule has 37 heavy (non-hydrogen) atoms. The maximum absolute atomic E-state index is 13.8. The summed E-state index contributed by atoms with van der Waals surface area (Å²) in [5.74, 6) is 1.35. The number of piperazine rings is 1. The number of aryl methyl sites for hydroxylation is 2. The maximum atomic E-state index is 13.8. The fraction of sp³-hybridized carbons (Fsp3) is 0.484. The highest BCUT2D eigenvalue weighted by atomic mass is 19.1. The molecule has 2 aromatic rings. The molecule has 196 valence electrons. The number of benzene rings is 1. The highest BCUT2D eigenvalue weighted by molar-refractivity contribution is 5.76. The minimum atomic E-state index is -0.194. The van der Waals surface area contributed by atoms with Gasteiger partial charge >= 0.3 is 0 Å². The summed E-state index contributed by atoms with van der Waals surface area (Å²) in [4.78, 5) is 26.0. The third kappa shape index (κ3) is 6.06. The van der Waals surface area contributed by atoms with Crippen LogP contribution in [0.25, 0.3) is 11.4 Å². The molecule has 1 aromatic heterocycles. The quantitative estimate of drug-likeness (QED) is 0.474. The van der Waals surface area contributed by atoms with Crippen molar-refractivity contribution in [2.24, 2.45) is 0 Å². The van der Waals surface area contributed by atoms with E-state index in [1.165, 1.54) is 43.0 Å². The van der Waals surface area contributed by atoms with Crippen molar-refractivity contribution in [3.05, 3.63) is 76.5 Å². The first-order valence-corrected chi connectivity index (χ1v) is 13.9. The van der Waals surface area contributed by atoms with Crippen LogP contribution < -0.4 is 0 Å². The molecule has 0 bridgehead atoms. The van der Waals surface area contributed by atoms with Gasteiger partial charge in [-0.3, -0.25) is 4.79 Å². The number of halogens is 1. The molecular formula is C31H39FN4O. The Bertz CT molecular complexity index is 1210. The lowest BCUT2D eigenvalue weighted by atomic mass is 10.00. The van der Waals surface area contributed by atoms with E-state index in [0.717, 1.165) is 68.2 Å². The predicted molar refractivity (Wildman–Crippen MR) is 147 cm³/mol. The number of aromatic amines is 1. The number of imidazole rings is 1. The number of hydrogen-bond acceptors (Lipinski definition) is 3. The summed E-state index contributed by atoms with van der Waals surface area (Å²) in [6, 6.07) is 5.17. The molecule has 1 saturated carbocycles. The zero-order valence-corrected chi connectivity index (χ0v) is 22.2. The third-order valence-corrected chi connectivity index (χ3v) is 8.02. The molecule has 3 aliphatic rings. The van der Waals surface area contributed by atoms with Gasteiger partial charge in [0.05, 0.1) is 5.69 Å². The Hall–Kier alpha value is -3.15. The molecule has 2 fully saturated rings. The zero-order chi connectivity index (χ0) is 25.8. The van der Waals surface area contributed by atoms with Gasteiger partial charge in [-0.05, 0) is 81.4 Å². The summed E-state index contributed by atoms with van der Waals surface area (Å²) in [6.07, 6.45) is 16.9. The molecule has 2 heterocycles. The van der Waals surface area contributed by atoms with E-state index in [-0.39, 0.29) is 11.7 Å². The number of aromatic nitrogens is 2. The van der Waals surface area contributed by atoms with Crippen LogP contribution in [-0.2, 0) is 11.2 Å². The van der Waals surface area contributed by atoms with Gasteiger partial charge in [0, 0.05) is 55.5 Å². The number of hydrogen-bond donors (Lipinski definition) is 1. The first kappa shape index (κ1) is 25.5. The SMILES string of the molecule is CC1=CC(N2CCN(C(=O)CCCc3[nH]c(-c4ccc(F)c(C)c4)nc3C3CCCC3)CC2)=CCC=C1. The van der Waals surface area contributed by atoms with Crippen LogP contribution in [0.5, 0.6) is 0 Å². The Morgan fingerprint density at radius 3 is 2.68 bits per heavy atom. The highest BCUT2D eigenvalue weighted by Crippen LogP contribution is 2.36. The lowest BCUT2D eigenvalue weighted by Crippen LogP contribution is -2.48. The Labute approximate surface area is 220 Å². The minimum Gasteiger partial charge on any atom is -0.368 e. The molecule has 5 nitrogen and oxygen atoms in total. The van der Waals surface area contributed by atoms with Gasteiger partial charge in [-0.15, -0.1) is 0 Å².